The van der Waals surface area contributed by atoms with E-state index in [0.717, 1.165) is 16.6 Å². The molecule has 1 aliphatic carbocycles. The van der Waals surface area contributed by atoms with Gasteiger partial charge < -0.3 is 11.1 Å². The summed E-state index contributed by atoms with van der Waals surface area (Å²) in [4.78, 5) is 0. The molecule has 1 aromatic carbocycles. The van der Waals surface area contributed by atoms with Crippen molar-refractivity contribution in [1.82, 2.24) is 0 Å². The molecule has 2 unspecified atom stereocenters. The second kappa shape index (κ2) is 3.60. The smallest absolute Gasteiger partial charge is 0.101 e. The molecule has 1 aromatic rings. The molecule has 14 heavy (non-hydrogen) atoms. The largest absolute Gasteiger partial charge is 0.380 e. The van der Waals surface area contributed by atoms with Gasteiger partial charge in [0, 0.05) is 16.6 Å². The minimum Gasteiger partial charge on any atom is -0.380 e. The summed E-state index contributed by atoms with van der Waals surface area (Å²) in [5, 5.41) is 12.1. The van der Waals surface area contributed by atoms with Crippen molar-refractivity contribution in [3.8, 4) is 6.07 Å². The van der Waals surface area contributed by atoms with Crippen LogP contribution in [0, 0.1) is 11.3 Å². The Balaban J connectivity index is 2.20. The zero-order valence-corrected chi connectivity index (χ0v) is 9.08. The molecule has 2 atom stereocenters. The summed E-state index contributed by atoms with van der Waals surface area (Å²) in [5.41, 5.74) is 7.20. The highest BCUT2D eigenvalue weighted by molar-refractivity contribution is 9.10. The molecular formula is C10H10BrN3. The summed E-state index contributed by atoms with van der Waals surface area (Å²) in [6.45, 7) is 0. The van der Waals surface area contributed by atoms with Gasteiger partial charge in [-0.2, -0.15) is 5.26 Å². The van der Waals surface area contributed by atoms with Crippen LogP contribution in [-0.4, -0.2) is 12.1 Å². The van der Waals surface area contributed by atoms with Gasteiger partial charge in [-0.3, -0.25) is 0 Å². The normalized spacial score (nSPS) is 24.1. The maximum Gasteiger partial charge on any atom is 0.101 e. The number of benzene rings is 1. The Hall–Kier alpha value is -1.05. The fourth-order valence-corrected chi connectivity index (χ4v) is 1.68. The number of hydrogen-bond acceptors (Lipinski definition) is 3. The SMILES string of the molecule is N#Cc1cc(Br)ccc1NC1CC1N. The third-order valence-corrected chi connectivity index (χ3v) is 2.78. The number of nitrogens with zero attached hydrogens (tertiary/aromatic N) is 1. The van der Waals surface area contributed by atoms with Crippen molar-refractivity contribution in [1.29, 1.82) is 5.26 Å². The van der Waals surface area contributed by atoms with Crippen molar-refractivity contribution in [3.05, 3.63) is 28.2 Å². The Kier molecular flexibility index (Phi) is 2.44. The molecule has 3 nitrogen and oxygen atoms in total. The molecule has 0 aliphatic heterocycles. The lowest BCUT2D eigenvalue weighted by atomic mass is 10.2. The van der Waals surface area contributed by atoms with Crippen molar-refractivity contribution in [2.75, 3.05) is 5.32 Å². The minimum absolute atomic E-state index is 0.241. The average Bonchev–Trinajstić information content (AvgIpc) is 2.85. The van der Waals surface area contributed by atoms with Crippen LogP contribution in [0.15, 0.2) is 22.7 Å². The number of nitriles is 1. The highest BCUT2D eigenvalue weighted by Crippen LogP contribution is 2.27. The van der Waals surface area contributed by atoms with Crippen molar-refractivity contribution in [3.63, 3.8) is 0 Å². The van der Waals surface area contributed by atoms with Crippen LogP contribution < -0.4 is 11.1 Å². The van der Waals surface area contributed by atoms with Crippen LogP contribution in [0.5, 0.6) is 0 Å². The highest BCUT2D eigenvalue weighted by Gasteiger charge is 2.33. The number of hydrogen-bond donors (Lipinski definition) is 2. The van der Waals surface area contributed by atoms with Crippen molar-refractivity contribution < 1.29 is 0 Å². The lowest BCUT2D eigenvalue weighted by molar-refractivity contribution is 1.01. The summed E-state index contributed by atoms with van der Waals surface area (Å²) in [5.74, 6) is 0. The maximum absolute atomic E-state index is 8.90. The standard InChI is InChI=1S/C10H10BrN3/c11-7-1-2-9(6(3-7)5-12)14-10-4-8(10)13/h1-3,8,10,14H,4,13H2. The molecule has 3 N–H and O–H groups in total. The second-order valence-corrected chi connectivity index (χ2v) is 4.37. The van der Waals surface area contributed by atoms with Crippen LogP contribution in [-0.2, 0) is 0 Å². The van der Waals surface area contributed by atoms with E-state index in [1.165, 1.54) is 0 Å². The van der Waals surface area contributed by atoms with Gasteiger partial charge in [-0.25, -0.2) is 0 Å². The van der Waals surface area contributed by atoms with Crippen LogP contribution in [0.3, 0.4) is 0 Å². The second-order valence-electron chi connectivity index (χ2n) is 3.45. The zero-order chi connectivity index (χ0) is 10.1. The third-order valence-electron chi connectivity index (χ3n) is 2.28. The summed E-state index contributed by atoms with van der Waals surface area (Å²) >= 11 is 3.33. The molecule has 72 valence electrons. The molecule has 2 rings (SSSR count). The Bertz CT molecular complexity index is 397. The quantitative estimate of drug-likeness (QED) is 0.844. The van der Waals surface area contributed by atoms with E-state index in [1.807, 2.05) is 12.1 Å². The summed E-state index contributed by atoms with van der Waals surface area (Å²) < 4.78 is 0.916. The molecular weight excluding hydrogens is 242 g/mol. The highest BCUT2D eigenvalue weighted by atomic mass is 79.9. The molecule has 0 bridgehead atoms. The van der Waals surface area contributed by atoms with Crippen molar-refractivity contribution >= 4 is 21.6 Å². The number of rotatable bonds is 2. The van der Waals surface area contributed by atoms with Crippen LogP contribution in [0.1, 0.15) is 12.0 Å². The zero-order valence-electron chi connectivity index (χ0n) is 7.50. The molecule has 0 radical (unpaired) electrons. The van der Waals surface area contributed by atoms with E-state index in [4.69, 9.17) is 11.0 Å². The number of nitrogens with one attached hydrogen (secondary N) is 1. The first-order valence-corrected chi connectivity index (χ1v) is 5.22. The molecule has 1 aliphatic rings. The van der Waals surface area contributed by atoms with E-state index in [0.29, 0.717) is 11.6 Å². The average molecular weight is 252 g/mol. The van der Waals surface area contributed by atoms with Crippen molar-refractivity contribution in [2.24, 2.45) is 5.73 Å². The van der Waals surface area contributed by atoms with E-state index in [1.54, 1.807) is 6.07 Å². The lowest BCUT2D eigenvalue weighted by Gasteiger charge is -2.06. The first kappa shape index (κ1) is 9.50. The molecule has 0 heterocycles. The molecule has 0 amide bonds. The lowest BCUT2D eigenvalue weighted by Crippen LogP contribution is -2.13. The van der Waals surface area contributed by atoms with Crippen LogP contribution >= 0.6 is 15.9 Å². The molecule has 1 fully saturated rings. The number of halogens is 1. The Labute approximate surface area is 91.0 Å². The monoisotopic (exact) mass is 251 g/mol. The third kappa shape index (κ3) is 1.89. The first-order valence-electron chi connectivity index (χ1n) is 4.42. The topological polar surface area (TPSA) is 61.8 Å². The van der Waals surface area contributed by atoms with E-state index in [9.17, 15) is 0 Å². The van der Waals surface area contributed by atoms with Gasteiger partial charge in [0.25, 0.3) is 0 Å². The van der Waals surface area contributed by atoms with Gasteiger partial charge in [-0.05, 0) is 24.6 Å². The Morgan fingerprint density at radius 3 is 2.86 bits per heavy atom. The summed E-state index contributed by atoms with van der Waals surface area (Å²) in [6.07, 6.45) is 0.987. The van der Waals surface area contributed by atoms with Gasteiger partial charge >= 0.3 is 0 Å². The fourth-order valence-electron chi connectivity index (χ4n) is 1.32. The van der Waals surface area contributed by atoms with Crippen LogP contribution in [0.4, 0.5) is 5.69 Å². The van der Waals surface area contributed by atoms with E-state index >= 15 is 0 Å². The Morgan fingerprint density at radius 1 is 1.57 bits per heavy atom. The summed E-state index contributed by atoms with van der Waals surface area (Å²) in [6, 6.07) is 8.34. The van der Waals surface area contributed by atoms with E-state index < -0.39 is 0 Å². The molecule has 0 spiro atoms. The maximum atomic E-state index is 8.90. The van der Waals surface area contributed by atoms with Gasteiger partial charge in [0.2, 0.25) is 0 Å². The fraction of sp³-hybridized carbons (Fsp3) is 0.300. The van der Waals surface area contributed by atoms with Gasteiger partial charge in [0.15, 0.2) is 0 Å². The predicted octanol–water partition coefficient (Wildman–Crippen LogP) is 1.83. The molecule has 0 aromatic heterocycles. The minimum atomic E-state index is 0.241. The van der Waals surface area contributed by atoms with Crippen LogP contribution in [0.2, 0.25) is 0 Å². The van der Waals surface area contributed by atoms with Gasteiger partial charge in [0.05, 0.1) is 11.3 Å². The first-order chi connectivity index (χ1) is 6.70. The van der Waals surface area contributed by atoms with Gasteiger partial charge in [-0.1, -0.05) is 15.9 Å². The van der Waals surface area contributed by atoms with Gasteiger partial charge in [0.1, 0.15) is 6.07 Å². The van der Waals surface area contributed by atoms with Gasteiger partial charge in [-0.15, -0.1) is 0 Å². The Morgan fingerprint density at radius 2 is 2.29 bits per heavy atom. The summed E-state index contributed by atoms with van der Waals surface area (Å²) in [7, 11) is 0. The molecule has 1 saturated carbocycles. The number of anilines is 1. The van der Waals surface area contributed by atoms with E-state index in [2.05, 4.69) is 27.3 Å². The molecule has 4 heteroatoms. The van der Waals surface area contributed by atoms with Crippen LogP contribution in [0.25, 0.3) is 0 Å². The van der Waals surface area contributed by atoms with E-state index in [-0.39, 0.29) is 6.04 Å². The number of nitrogens with two attached hydrogens (primary N) is 1. The molecule has 0 saturated heterocycles. The van der Waals surface area contributed by atoms with Crippen molar-refractivity contribution in [2.45, 2.75) is 18.5 Å². The predicted molar refractivity (Wildman–Crippen MR) is 58.9 cm³/mol.